The van der Waals surface area contributed by atoms with Gasteiger partial charge in [-0.15, -0.1) is 0 Å². The Morgan fingerprint density at radius 2 is 1.54 bits per heavy atom. The SMILES string of the molecule is C=C1CCC(N2C(=O)c3ccc(OCCCCC#Cc4ccc(OCCCOc5ccc(-c6ccc7c8cnccc8n(C)c7c6)cn5)nc4)cc3C2=O)C(=O)N1. The first-order valence-electron chi connectivity index (χ1n) is 19.0. The molecule has 2 aliphatic rings. The van der Waals surface area contributed by atoms with Gasteiger partial charge < -0.3 is 24.1 Å². The number of carbonyl (C=O) groups excluding carboxylic acids is 3. The van der Waals surface area contributed by atoms with Crippen molar-refractivity contribution in [3.63, 3.8) is 0 Å². The van der Waals surface area contributed by atoms with E-state index in [-0.39, 0.29) is 17.0 Å². The highest BCUT2D eigenvalue weighted by Crippen LogP contribution is 2.33. The maximum atomic E-state index is 13.1. The Kier molecular flexibility index (Phi) is 10.6. The van der Waals surface area contributed by atoms with Crippen LogP contribution in [0.2, 0.25) is 0 Å². The summed E-state index contributed by atoms with van der Waals surface area (Å²) in [6.45, 7) is 5.11. The second kappa shape index (κ2) is 16.4. The minimum atomic E-state index is -0.843. The van der Waals surface area contributed by atoms with Crippen molar-refractivity contribution in [2.45, 2.75) is 44.6 Å². The lowest BCUT2D eigenvalue weighted by molar-refractivity contribution is -0.125. The predicted octanol–water partition coefficient (Wildman–Crippen LogP) is 7.02. The number of imide groups is 1. The van der Waals surface area contributed by atoms with Crippen LogP contribution in [0, 0.1) is 11.8 Å². The van der Waals surface area contributed by atoms with Crippen LogP contribution in [-0.2, 0) is 11.8 Å². The number of rotatable bonds is 13. The number of unbranched alkanes of at least 4 members (excludes halogenated alkanes) is 2. The summed E-state index contributed by atoms with van der Waals surface area (Å²) in [6.07, 6.45) is 11.1. The monoisotopic (exact) mass is 760 g/mol. The highest BCUT2D eigenvalue weighted by atomic mass is 16.5. The summed E-state index contributed by atoms with van der Waals surface area (Å²) >= 11 is 0. The summed E-state index contributed by atoms with van der Waals surface area (Å²) < 4.78 is 19.7. The van der Waals surface area contributed by atoms with E-state index in [2.05, 4.69) is 68.5 Å². The molecular weight excluding hydrogens is 721 g/mol. The minimum absolute atomic E-state index is 0.250. The minimum Gasteiger partial charge on any atom is -0.494 e. The number of allylic oxidation sites excluding steroid dienone is 1. The fourth-order valence-electron chi connectivity index (χ4n) is 7.11. The van der Waals surface area contributed by atoms with Gasteiger partial charge in [-0.3, -0.25) is 24.3 Å². The highest BCUT2D eigenvalue weighted by molar-refractivity contribution is 6.23. The Morgan fingerprint density at radius 1 is 0.772 bits per heavy atom. The lowest BCUT2D eigenvalue weighted by Gasteiger charge is -2.29. The van der Waals surface area contributed by atoms with Gasteiger partial charge in [0.1, 0.15) is 11.8 Å². The van der Waals surface area contributed by atoms with Crippen LogP contribution in [-0.4, -0.2) is 68.0 Å². The van der Waals surface area contributed by atoms with E-state index in [4.69, 9.17) is 14.2 Å². The molecule has 1 unspecified atom stereocenters. The van der Waals surface area contributed by atoms with Gasteiger partial charge in [-0.2, -0.15) is 0 Å². The number of hydrogen-bond acceptors (Lipinski definition) is 9. The molecule has 57 heavy (non-hydrogen) atoms. The molecule has 1 N–H and O–H groups in total. The number of aryl methyl sites for hydroxylation is 1. The molecule has 0 saturated carbocycles. The Hall–Kier alpha value is -7.00. The molecule has 12 nitrogen and oxygen atoms in total. The van der Waals surface area contributed by atoms with Gasteiger partial charge >= 0.3 is 0 Å². The van der Waals surface area contributed by atoms with Crippen LogP contribution in [0.1, 0.15) is 64.8 Å². The normalized spacial score (nSPS) is 15.0. The number of hydrogen-bond donors (Lipinski definition) is 1. The van der Waals surface area contributed by atoms with Crippen LogP contribution in [0.3, 0.4) is 0 Å². The van der Waals surface area contributed by atoms with Crippen molar-refractivity contribution in [1.82, 2.24) is 29.7 Å². The Balaban J connectivity index is 0.719. The van der Waals surface area contributed by atoms with Crippen molar-refractivity contribution >= 4 is 39.5 Å². The highest BCUT2D eigenvalue weighted by Gasteiger charge is 2.44. The maximum Gasteiger partial charge on any atom is 0.262 e. The molecule has 6 heterocycles. The van der Waals surface area contributed by atoms with E-state index in [9.17, 15) is 14.4 Å². The van der Waals surface area contributed by atoms with Crippen molar-refractivity contribution in [2.75, 3.05) is 19.8 Å². The molecule has 1 atom stereocenters. The Morgan fingerprint density at radius 3 is 2.32 bits per heavy atom. The van der Waals surface area contributed by atoms with Gasteiger partial charge in [-0.25, -0.2) is 9.97 Å². The number of nitrogens with one attached hydrogen (secondary N) is 1. The predicted molar refractivity (Wildman–Crippen MR) is 215 cm³/mol. The van der Waals surface area contributed by atoms with E-state index >= 15 is 0 Å². The zero-order valence-corrected chi connectivity index (χ0v) is 31.5. The van der Waals surface area contributed by atoms with Gasteiger partial charge in [-0.05, 0) is 73.7 Å². The van der Waals surface area contributed by atoms with Crippen LogP contribution >= 0.6 is 0 Å². The van der Waals surface area contributed by atoms with Crippen LogP contribution < -0.4 is 19.5 Å². The average molecular weight is 761 g/mol. The second-order valence-corrected chi connectivity index (χ2v) is 13.9. The molecule has 6 aromatic rings. The van der Waals surface area contributed by atoms with Crippen molar-refractivity contribution in [3.05, 3.63) is 120 Å². The molecule has 12 heteroatoms. The number of carbonyl (C=O) groups is 3. The van der Waals surface area contributed by atoms with Crippen LogP contribution in [0.5, 0.6) is 17.5 Å². The summed E-state index contributed by atoms with van der Waals surface area (Å²) in [5, 5.41) is 4.96. The molecular formula is C45H40N6O6. The van der Waals surface area contributed by atoms with Crippen LogP contribution in [0.25, 0.3) is 32.9 Å². The van der Waals surface area contributed by atoms with Crippen molar-refractivity contribution in [2.24, 2.45) is 7.05 Å². The topological polar surface area (TPSA) is 138 Å². The third-order valence-corrected chi connectivity index (χ3v) is 10.1. The van der Waals surface area contributed by atoms with Gasteiger partial charge in [0.15, 0.2) is 0 Å². The van der Waals surface area contributed by atoms with E-state index in [1.807, 2.05) is 42.9 Å². The smallest absolute Gasteiger partial charge is 0.262 e. The van der Waals surface area contributed by atoms with Crippen molar-refractivity contribution in [3.8, 4) is 40.5 Å². The fourth-order valence-corrected chi connectivity index (χ4v) is 7.11. The quantitative estimate of drug-likeness (QED) is 0.0748. The summed E-state index contributed by atoms with van der Waals surface area (Å²) in [4.78, 5) is 52.7. The number of amides is 3. The molecule has 0 spiro atoms. The average Bonchev–Trinajstić information content (AvgIpc) is 3.65. The molecule has 1 fully saturated rings. The molecule has 286 valence electrons. The van der Waals surface area contributed by atoms with Gasteiger partial charge in [0, 0.05) is 89.9 Å². The molecule has 1 saturated heterocycles. The molecule has 0 bridgehead atoms. The molecule has 8 rings (SSSR count). The van der Waals surface area contributed by atoms with E-state index < -0.39 is 17.9 Å². The van der Waals surface area contributed by atoms with E-state index in [0.717, 1.165) is 50.9 Å². The number of benzene rings is 2. The van der Waals surface area contributed by atoms with E-state index in [1.165, 1.54) is 5.39 Å². The van der Waals surface area contributed by atoms with Gasteiger partial charge in [0.25, 0.3) is 11.8 Å². The first kappa shape index (κ1) is 36.9. The lowest BCUT2D eigenvalue weighted by Crippen LogP contribution is -2.51. The Labute approximate surface area is 329 Å². The summed E-state index contributed by atoms with van der Waals surface area (Å²) in [6, 6.07) is 20.1. The number of aromatic nitrogens is 4. The standard InChI is InChI=1S/C45H40N6O6/c1-29-9-16-39(43(52)49-29)51-44(53)35-15-13-33(25-36(35)45(51)54)55-21-6-4-3-5-8-30-10-17-41(47-26-30)56-22-7-23-57-42-18-12-32(27-48-42)31-11-14-34-37-28-46-20-19-38(37)50(2)40(34)24-31/h10-15,17-20,24-28,39H,1,3-4,6-7,9,16,21-23H2,2H3,(H,49,52). The summed E-state index contributed by atoms with van der Waals surface area (Å²) in [7, 11) is 2.07. The largest absolute Gasteiger partial charge is 0.494 e. The zero-order valence-electron chi connectivity index (χ0n) is 31.5. The summed E-state index contributed by atoms with van der Waals surface area (Å²) in [5.41, 5.74) is 6.32. The number of nitrogens with zero attached hydrogens (tertiary/aromatic N) is 5. The molecule has 2 aromatic carbocycles. The van der Waals surface area contributed by atoms with Crippen LogP contribution in [0.15, 0.2) is 104 Å². The Bertz CT molecular complexity index is 2570. The molecule has 0 radical (unpaired) electrons. The fraction of sp³-hybridized carbons (Fsp3) is 0.244. The zero-order chi connectivity index (χ0) is 39.3. The molecule has 3 amide bonds. The van der Waals surface area contributed by atoms with E-state index in [1.54, 1.807) is 30.5 Å². The number of fused-ring (bicyclic) bond motifs is 4. The van der Waals surface area contributed by atoms with Gasteiger partial charge in [-0.1, -0.05) is 30.6 Å². The van der Waals surface area contributed by atoms with Crippen molar-refractivity contribution < 1.29 is 28.6 Å². The molecule has 4 aromatic heterocycles. The molecule has 2 aliphatic heterocycles. The van der Waals surface area contributed by atoms with Crippen molar-refractivity contribution in [1.29, 1.82) is 0 Å². The number of ether oxygens (including phenoxy) is 3. The van der Waals surface area contributed by atoms with Gasteiger partial charge in [0.2, 0.25) is 17.7 Å². The first-order valence-corrected chi connectivity index (χ1v) is 19.0. The third kappa shape index (κ3) is 7.91. The third-order valence-electron chi connectivity index (χ3n) is 10.1. The molecule has 0 aliphatic carbocycles. The number of piperidine rings is 1. The van der Waals surface area contributed by atoms with E-state index in [0.29, 0.717) is 68.7 Å². The van der Waals surface area contributed by atoms with Crippen LogP contribution in [0.4, 0.5) is 0 Å². The lowest BCUT2D eigenvalue weighted by atomic mass is 10.0. The second-order valence-electron chi connectivity index (χ2n) is 13.9. The van der Waals surface area contributed by atoms with Gasteiger partial charge in [0.05, 0.1) is 36.5 Å². The summed E-state index contributed by atoms with van der Waals surface area (Å²) in [5.74, 6) is 6.55. The first-order chi connectivity index (χ1) is 27.8. The number of pyridine rings is 3. The maximum absolute atomic E-state index is 13.1.